The number of ether oxygens (including phenoxy) is 1. The molecule has 20 heavy (non-hydrogen) atoms. The minimum atomic E-state index is 0.658. The van der Waals surface area contributed by atoms with Gasteiger partial charge in [0.25, 0.3) is 0 Å². The first kappa shape index (κ1) is 15.0. The Kier molecular flexibility index (Phi) is 5.56. The van der Waals surface area contributed by atoms with Crippen molar-refractivity contribution in [2.75, 3.05) is 13.7 Å². The molecule has 3 nitrogen and oxygen atoms in total. The largest absolute Gasteiger partial charge is 0.493 e. The van der Waals surface area contributed by atoms with Crippen LogP contribution < -0.4 is 10.1 Å². The van der Waals surface area contributed by atoms with E-state index in [-0.39, 0.29) is 0 Å². The lowest BCUT2D eigenvalue weighted by atomic mass is 10.1. The van der Waals surface area contributed by atoms with Crippen LogP contribution in [0.5, 0.6) is 5.75 Å². The van der Waals surface area contributed by atoms with Crippen molar-refractivity contribution in [1.82, 2.24) is 10.3 Å². The molecule has 0 atom stereocenters. The highest BCUT2D eigenvalue weighted by Gasteiger charge is 2.08. The Hall–Kier alpha value is -1.39. The molecule has 0 spiro atoms. The molecule has 1 aromatic heterocycles. The zero-order valence-electron chi connectivity index (χ0n) is 11.8. The average Bonchev–Trinajstić information content (AvgIpc) is 2.43. The third-order valence-electron chi connectivity index (χ3n) is 3.04. The minimum absolute atomic E-state index is 0.658. The Balaban J connectivity index is 2.05. The fourth-order valence-corrected chi connectivity index (χ4v) is 2.76. The van der Waals surface area contributed by atoms with Gasteiger partial charge in [-0.25, -0.2) is 0 Å². The Morgan fingerprint density at radius 2 is 2.20 bits per heavy atom. The summed E-state index contributed by atoms with van der Waals surface area (Å²) >= 11 is 3.53. The first-order valence-corrected chi connectivity index (χ1v) is 7.45. The van der Waals surface area contributed by atoms with Crippen molar-refractivity contribution in [3.8, 4) is 5.75 Å². The summed E-state index contributed by atoms with van der Waals surface area (Å²) in [4.78, 5) is 4.11. The van der Waals surface area contributed by atoms with Gasteiger partial charge in [0.05, 0.1) is 6.61 Å². The molecule has 0 aliphatic heterocycles. The molecule has 0 aliphatic carbocycles. The van der Waals surface area contributed by atoms with Crippen molar-refractivity contribution < 1.29 is 4.74 Å². The molecule has 0 amide bonds. The van der Waals surface area contributed by atoms with Gasteiger partial charge < -0.3 is 10.1 Å². The molecule has 2 aromatic rings. The smallest absolute Gasteiger partial charge is 0.126 e. The molecule has 0 aliphatic rings. The molecule has 106 valence electrons. The molecular formula is C16H19BrN2O. The van der Waals surface area contributed by atoms with Crippen molar-refractivity contribution in [3.63, 3.8) is 0 Å². The SMILES string of the molecule is CNCc1cc(Br)cc(C)c1OCCc1cccnc1. The van der Waals surface area contributed by atoms with Crippen LogP contribution in [0.2, 0.25) is 0 Å². The number of aryl methyl sites for hydroxylation is 1. The Morgan fingerprint density at radius 3 is 2.90 bits per heavy atom. The highest BCUT2D eigenvalue weighted by atomic mass is 79.9. The first-order chi connectivity index (χ1) is 9.70. The van der Waals surface area contributed by atoms with E-state index >= 15 is 0 Å². The first-order valence-electron chi connectivity index (χ1n) is 6.66. The Labute approximate surface area is 128 Å². The number of hydrogen-bond donors (Lipinski definition) is 1. The summed E-state index contributed by atoms with van der Waals surface area (Å²) in [6.07, 6.45) is 4.53. The van der Waals surface area contributed by atoms with Gasteiger partial charge in [-0.15, -0.1) is 0 Å². The highest BCUT2D eigenvalue weighted by molar-refractivity contribution is 9.10. The van der Waals surface area contributed by atoms with Gasteiger partial charge >= 0.3 is 0 Å². The van der Waals surface area contributed by atoms with Gasteiger partial charge in [-0.3, -0.25) is 4.98 Å². The monoisotopic (exact) mass is 334 g/mol. The number of pyridine rings is 1. The quantitative estimate of drug-likeness (QED) is 0.877. The van der Waals surface area contributed by atoms with Gasteiger partial charge in [0.15, 0.2) is 0 Å². The number of benzene rings is 1. The zero-order chi connectivity index (χ0) is 14.4. The topological polar surface area (TPSA) is 34.1 Å². The van der Waals surface area contributed by atoms with Crippen molar-refractivity contribution in [3.05, 3.63) is 57.8 Å². The molecule has 1 N–H and O–H groups in total. The summed E-state index contributed by atoms with van der Waals surface area (Å²) in [5.74, 6) is 0.978. The molecule has 0 saturated heterocycles. The highest BCUT2D eigenvalue weighted by Crippen LogP contribution is 2.28. The predicted molar refractivity (Wildman–Crippen MR) is 85.1 cm³/mol. The van der Waals surface area contributed by atoms with Gasteiger partial charge in [0.1, 0.15) is 5.75 Å². The molecule has 4 heteroatoms. The molecule has 0 radical (unpaired) electrons. The van der Waals surface area contributed by atoms with E-state index in [0.29, 0.717) is 6.61 Å². The fourth-order valence-electron chi connectivity index (χ4n) is 2.14. The Bertz CT molecular complexity index is 558. The van der Waals surface area contributed by atoms with Gasteiger partial charge in [-0.1, -0.05) is 22.0 Å². The number of halogens is 1. The van der Waals surface area contributed by atoms with E-state index in [1.807, 2.05) is 19.3 Å². The van der Waals surface area contributed by atoms with Gasteiger partial charge in [0.2, 0.25) is 0 Å². The van der Waals surface area contributed by atoms with Crippen LogP contribution in [-0.2, 0) is 13.0 Å². The maximum atomic E-state index is 5.99. The lowest BCUT2D eigenvalue weighted by Gasteiger charge is -2.15. The fraction of sp³-hybridized carbons (Fsp3) is 0.312. The minimum Gasteiger partial charge on any atom is -0.493 e. The van der Waals surface area contributed by atoms with E-state index in [9.17, 15) is 0 Å². The second-order valence-electron chi connectivity index (χ2n) is 4.70. The second-order valence-corrected chi connectivity index (χ2v) is 5.62. The molecule has 1 heterocycles. The van der Waals surface area contributed by atoms with E-state index in [2.05, 4.69) is 51.4 Å². The van der Waals surface area contributed by atoms with Crippen LogP contribution in [-0.4, -0.2) is 18.6 Å². The third kappa shape index (κ3) is 4.05. The molecule has 0 saturated carbocycles. The van der Waals surface area contributed by atoms with E-state index in [0.717, 1.165) is 28.8 Å². The van der Waals surface area contributed by atoms with Crippen LogP contribution in [0, 0.1) is 6.92 Å². The van der Waals surface area contributed by atoms with Crippen molar-refractivity contribution in [2.45, 2.75) is 19.9 Å². The van der Waals surface area contributed by atoms with Gasteiger partial charge in [-0.05, 0) is 43.3 Å². The van der Waals surface area contributed by atoms with Crippen LogP contribution >= 0.6 is 15.9 Å². The number of aromatic nitrogens is 1. The number of nitrogens with one attached hydrogen (secondary N) is 1. The third-order valence-corrected chi connectivity index (χ3v) is 3.50. The van der Waals surface area contributed by atoms with Crippen molar-refractivity contribution in [2.24, 2.45) is 0 Å². The summed E-state index contributed by atoms with van der Waals surface area (Å²) in [6, 6.07) is 8.20. The normalized spacial score (nSPS) is 10.6. The van der Waals surface area contributed by atoms with Crippen LogP contribution in [0.15, 0.2) is 41.1 Å². The molecule has 0 unspecified atom stereocenters. The van der Waals surface area contributed by atoms with E-state index in [4.69, 9.17) is 4.74 Å². The summed E-state index contributed by atoms with van der Waals surface area (Å²) in [7, 11) is 1.94. The summed E-state index contributed by atoms with van der Waals surface area (Å²) in [5, 5.41) is 3.18. The summed E-state index contributed by atoms with van der Waals surface area (Å²) in [6.45, 7) is 3.52. The number of hydrogen-bond acceptors (Lipinski definition) is 3. The lowest BCUT2D eigenvalue weighted by Crippen LogP contribution is -2.10. The molecular weight excluding hydrogens is 316 g/mol. The van der Waals surface area contributed by atoms with Gasteiger partial charge in [0, 0.05) is 35.4 Å². The lowest BCUT2D eigenvalue weighted by molar-refractivity contribution is 0.315. The van der Waals surface area contributed by atoms with Crippen molar-refractivity contribution >= 4 is 15.9 Å². The summed E-state index contributed by atoms with van der Waals surface area (Å²) in [5.41, 5.74) is 3.51. The molecule has 1 aromatic carbocycles. The number of rotatable bonds is 6. The number of nitrogens with zero attached hydrogens (tertiary/aromatic N) is 1. The van der Waals surface area contributed by atoms with Crippen LogP contribution in [0.1, 0.15) is 16.7 Å². The van der Waals surface area contributed by atoms with Crippen molar-refractivity contribution in [1.29, 1.82) is 0 Å². The van der Waals surface area contributed by atoms with E-state index in [1.165, 1.54) is 11.1 Å². The molecule has 0 bridgehead atoms. The van der Waals surface area contributed by atoms with Crippen LogP contribution in [0.4, 0.5) is 0 Å². The maximum Gasteiger partial charge on any atom is 0.126 e. The maximum absolute atomic E-state index is 5.99. The van der Waals surface area contributed by atoms with E-state index in [1.54, 1.807) is 6.20 Å². The zero-order valence-corrected chi connectivity index (χ0v) is 13.4. The molecule has 2 rings (SSSR count). The molecule has 0 fully saturated rings. The Morgan fingerprint density at radius 1 is 1.35 bits per heavy atom. The van der Waals surface area contributed by atoms with Gasteiger partial charge in [-0.2, -0.15) is 0 Å². The van der Waals surface area contributed by atoms with E-state index < -0.39 is 0 Å². The second kappa shape index (κ2) is 7.41. The average molecular weight is 335 g/mol. The standard InChI is InChI=1S/C16H19BrN2O/c1-12-8-15(17)9-14(11-18-2)16(12)20-7-5-13-4-3-6-19-10-13/h3-4,6,8-10,18H,5,7,11H2,1-2H3. The summed E-state index contributed by atoms with van der Waals surface area (Å²) < 4.78 is 7.07. The van der Waals surface area contributed by atoms with Crippen LogP contribution in [0.25, 0.3) is 0 Å². The van der Waals surface area contributed by atoms with Crippen LogP contribution in [0.3, 0.4) is 0 Å². The predicted octanol–water partition coefficient (Wildman–Crippen LogP) is 3.49.